The van der Waals surface area contributed by atoms with Crippen LogP contribution in [0.3, 0.4) is 0 Å². The molecule has 3 aromatic rings. The number of amides is 2. The number of carbonyl (C=O) groups excluding carboxylic acids is 2. The fourth-order valence-corrected chi connectivity index (χ4v) is 4.61. The number of nitrogens with zero attached hydrogens (tertiary/aromatic N) is 3. The molecule has 1 N–H and O–H groups in total. The smallest absolute Gasteiger partial charge is 0.224 e. The quantitative estimate of drug-likeness (QED) is 0.575. The first-order valence-corrected chi connectivity index (χ1v) is 11.9. The molecule has 2 heterocycles. The molecule has 1 aliphatic rings. The predicted octanol–water partition coefficient (Wildman–Crippen LogP) is 3.20. The van der Waals surface area contributed by atoms with E-state index in [0.717, 1.165) is 41.5 Å². The number of rotatable bonds is 8. The summed E-state index contributed by atoms with van der Waals surface area (Å²) in [6.45, 7) is 4.29. The third-order valence-electron chi connectivity index (χ3n) is 5.55. The summed E-state index contributed by atoms with van der Waals surface area (Å²) < 4.78 is 0. The van der Waals surface area contributed by atoms with Crippen molar-refractivity contribution in [2.45, 2.75) is 19.4 Å². The zero-order valence-electron chi connectivity index (χ0n) is 18.1. The highest BCUT2D eigenvalue weighted by Gasteiger charge is 2.21. The minimum Gasteiger partial charge on any atom is -0.355 e. The van der Waals surface area contributed by atoms with E-state index in [0.29, 0.717) is 32.5 Å². The highest BCUT2D eigenvalue weighted by atomic mass is 32.1. The van der Waals surface area contributed by atoms with Gasteiger partial charge in [0.05, 0.1) is 12.1 Å². The molecule has 1 aromatic heterocycles. The summed E-state index contributed by atoms with van der Waals surface area (Å²) in [5, 5.41) is 6.02. The molecule has 0 saturated carbocycles. The zero-order valence-corrected chi connectivity index (χ0v) is 18.9. The van der Waals surface area contributed by atoms with E-state index >= 15 is 0 Å². The molecule has 0 spiro atoms. The number of nitrogens with one attached hydrogen (secondary N) is 1. The Morgan fingerprint density at radius 2 is 1.62 bits per heavy atom. The molecule has 2 aromatic carbocycles. The maximum atomic E-state index is 12.5. The van der Waals surface area contributed by atoms with Crippen LogP contribution in [0.5, 0.6) is 0 Å². The van der Waals surface area contributed by atoms with Crippen molar-refractivity contribution in [3.63, 3.8) is 0 Å². The zero-order chi connectivity index (χ0) is 22.2. The lowest BCUT2D eigenvalue weighted by molar-refractivity contribution is -0.133. The van der Waals surface area contributed by atoms with Crippen molar-refractivity contribution in [3.05, 3.63) is 77.3 Å². The summed E-state index contributed by atoms with van der Waals surface area (Å²) in [4.78, 5) is 33.6. The largest absolute Gasteiger partial charge is 0.355 e. The molecule has 0 aliphatic carbocycles. The lowest BCUT2D eigenvalue weighted by Gasteiger charge is -2.34. The number of piperazine rings is 1. The molecule has 32 heavy (non-hydrogen) atoms. The summed E-state index contributed by atoms with van der Waals surface area (Å²) in [5.41, 5.74) is 3.20. The topological polar surface area (TPSA) is 65.5 Å². The Kier molecular flexibility index (Phi) is 7.64. The van der Waals surface area contributed by atoms with Crippen LogP contribution in [0.25, 0.3) is 10.6 Å². The summed E-state index contributed by atoms with van der Waals surface area (Å²) in [7, 11) is 0. The number of thiazole rings is 1. The molecule has 0 unspecified atom stereocenters. The van der Waals surface area contributed by atoms with Crippen molar-refractivity contribution in [3.8, 4) is 10.6 Å². The van der Waals surface area contributed by atoms with E-state index in [1.54, 1.807) is 11.3 Å². The molecule has 1 saturated heterocycles. The van der Waals surface area contributed by atoms with Gasteiger partial charge in [-0.15, -0.1) is 11.3 Å². The Balaban J connectivity index is 1.16. The van der Waals surface area contributed by atoms with Gasteiger partial charge in [-0.3, -0.25) is 14.5 Å². The Morgan fingerprint density at radius 1 is 0.938 bits per heavy atom. The standard InChI is InChI=1S/C25H28N4O2S/c30-23(17-20-7-3-1-4-8-20)26-12-11-24(31)29-15-13-28(14-16-29)18-22-19-32-25(27-22)21-9-5-2-6-10-21/h1-10,19H,11-18H2,(H,26,30). The molecule has 0 radical (unpaired) electrons. The first-order valence-electron chi connectivity index (χ1n) is 11.0. The maximum absolute atomic E-state index is 12.5. The number of hydrogen-bond donors (Lipinski definition) is 1. The van der Waals surface area contributed by atoms with Gasteiger partial charge in [0.15, 0.2) is 0 Å². The Morgan fingerprint density at radius 3 is 2.34 bits per heavy atom. The molecule has 2 amide bonds. The molecule has 1 aliphatic heterocycles. The average molecular weight is 449 g/mol. The predicted molar refractivity (Wildman–Crippen MR) is 127 cm³/mol. The first-order chi connectivity index (χ1) is 15.7. The van der Waals surface area contributed by atoms with E-state index in [2.05, 4.69) is 27.7 Å². The van der Waals surface area contributed by atoms with E-state index in [1.165, 1.54) is 0 Å². The monoisotopic (exact) mass is 448 g/mol. The number of carbonyl (C=O) groups is 2. The minimum absolute atomic E-state index is 0.0491. The number of aromatic nitrogens is 1. The van der Waals surface area contributed by atoms with Crippen molar-refractivity contribution < 1.29 is 9.59 Å². The van der Waals surface area contributed by atoms with Gasteiger partial charge < -0.3 is 10.2 Å². The van der Waals surface area contributed by atoms with Crippen LogP contribution in [0.15, 0.2) is 66.0 Å². The van der Waals surface area contributed by atoms with Crippen molar-refractivity contribution in [2.75, 3.05) is 32.7 Å². The summed E-state index contributed by atoms with van der Waals surface area (Å²) in [5.74, 6) is 0.0524. The van der Waals surface area contributed by atoms with Crippen LogP contribution in [0, 0.1) is 0 Å². The van der Waals surface area contributed by atoms with Crippen LogP contribution in [0.4, 0.5) is 0 Å². The molecule has 6 nitrogen and oxygen atoms in total. The van der Waals surface area contributed by atoms with Crippen LogP contribution in [0.1, 0.15) is 17.7 Å². The van der Waals surface area contributed by atoms with Crippen molar-refractivity contribution >= 4 is 23.2 Å². The highest BCUT2D eigenvalue weighted by Crippen LogP contribution is 2.24. The van der Waals surface area contributed by atoms with E-state index in [9.17, 15) is 9.59 Å². The number of hydrogen-bond acceptors (Lipinski definition) is 5. The molecular formula is C25H28N4O2S. The fourth-order valence-electron chi connectivity index (χ4n) is 3.79. The van der Waals surface area contributed by atoms with E-state index in [1.807, 2.05) is 53.4 Å². The summed E-state index contributed by atoms with van der Waals surface area (Å²) >= 11 is 1.67. The molecule has 0 bridgehead atoms. The maximum Gasteiger partial charge on any atom is 0.224 e. The average Bonchev–Trinajstić information content (AvgIpc) is 3.29. The van der Waals surface area contributed by atoms with Gasteiger partial charge in [0.2, 0.25) is 11.8 Å². The third kappa shape index (κ3) is 6.24. The van der Waals surface area contributed by atoms with Crippen LogP contribution in [-0.4, -0.2) is 59.3 Å². The molecule has 4 rings (SSSR count). The number of benzene rings is 2. The van der Waals surface area contributed by atoms with Crippen LogP contribution in [-0.2, 0) is 22.6 Å². The van der Waals surface area contributed by atoms with Crippen molar-refractivity contribution in [1.29, 1.82) is 0 Å². The van der Waals surface area contributed by atoms with E-state index < -0.39 is 0 Å². The summed E-state index contributed by atoms with van der Waals surface area (Å²) in [6, 6.07) is 19.9. The minimum atomic E-state index is -0.0491. The first kappa shape index (κ1) is 22.2. The lowest BCUT2D eigenvalue weighted by atomic mass is 10.1. The highest BCUT2D eigenvalue weighted by molar-refractivity contribution is 7.13. The molecule has 0 atom stereocenters. The Bertz CT molecular complexity index is 1010. The van der Waals surface area contributed by atoms with Crippen LogP contribution < -0.4 is 5.32 Å². The van der Waals surface area contributed by atoms with E-state index in [4.69, 9.17) is 4.98 Å². The van der Waals surface area contributed by atoms with Crippen LogP contribution >= 0.6 is 11.3 Å². The van der Waals surface area contributed by atoms with Gasteiger partial charge in [-0.25, -0.2) is 4.98 Å². The van der Waals surface area contributed by atoms with Gasteiger partial charge in [0.1, 0.15) is 5.01 Å². The summed E-state index contributed by atoms with van der Waals surface area (Å²) in [6.07, 6.45) is 0.684. The Labute approximate surface area is 192 Å². The van der Waals surface area contributed by atoms with Crippen LogP contribution in [0.2, 0.25) is 0 Å². The second kappa shape index (κ2) is 11.0. The fraction of sp³-hybridized carbons (Fsp3) is 0.320. The second-order valence-electron chi connectivity index (χ2n) is 7.93. The SMILES string of the molecule is O=C(Cc1ccccc1)NCCC(=O)N1CCN(Cc2csc(-c3ccccc3)n2)CC1. The normalized spacial score (nSPS) is 14.3. The van der Waals surface area contributed by atoms with Gasteiger partial charge in [-0.1, -0.05) is 60.7 Å². The van der Waals surface area contributed by atoms with E-state index in [-0.39, 0.29) is 11.8 Å². The van der Waals surface area contributed by atoms with Gasteiger partial charge in [0.25, 0.3) is 0 Å². The molecule has 166 valence electrons. The van der Waals surface area contributed by atoms with Gasteiger partial charge >= 0.3 is 0 Å². The van der Waals surface area contributed by atoms with Gasteiger partial charge in [-0.2, -0.15) is 0 Å². The third-order valence-corrected chi connectivity index (χ3v) is 6.49. The Hall–Kier alpha value is -3.03. The van der Waals surface area contributed by atoms with Crippen molar-refractivity contribution in [1.82, 2.24) is 20.1 Å². The van der Waals surface area contributed by atoms with Crippen molar-refractivity contribution in [2.24, 2.45) is 0 Å². The molecule has 7 heteroatoms. The molecule has 1 fully saturated rings. The van der Waals surface area contributed by atoms with Gasteiger partial charge in [-0.05, 0) is 5.56 Å². The second-order valence-corrected chi connectivity index (χ2v) is 8.79. The lowest BCUT2D eigenvalue weighted by Crippen LogP contribution is -2.48. The molecular weight excluding hydrogens is 420 g/mol. The van der Waals surface area contributed by atoms with Gasteiger partial charge in [0, 0.05) is 56.6 Å².